The zero-order chi connectivity index (χ0) is 11.7. The Morgan fingerprint density at radius 2 is 2.06 bits per heavy atom. The lowest BCUT2D eigenvalue weighted by molar-refractivity contribution is -0.385. The van der Waals surface area contributed by atoms with Crippen molar-refractivity contribution in [3.05, 3.63) is 34.9 Å². The van der Waals surface area contributed by atoms with Crippen LogP contribution in [0.5, 0.6) is 11.5 Å². The molecule has 7 nitrogen and oxygen atoms in total. The van der Waals surface area contributed by atoms with E-state index in [-0.39, 0.29) is 23.9 Å². The average molecular weight is 224 g/mol. The van der Waals surface area contributed by atoms with Crippen LogP contribution in [-0.4, -0.2) is 17.7 Å². The van der Waals surface area contributed by atoms with Gasteiger partial charge in [0.05, 0.1) is 11.0 Å². The lowest BCUT2D eigenvalue weighted by Crippen LogP contribution is -2.04. The molecule has 1 aliphatic rings. The standard InChI is InChI=1S/C9H6NO6/c1-14-9(11)5-2-7-8(16-4-15-7)3-6(5)10(12)13/h2-3H,1,4H2. The molecule has 1 heterocycles. The number of rotatable bonds is 2. The van der Waals surface area contributed by atoms with Crippen LogP contribution in [0.2, 0.25) is 0 Å². The summed E-state index contributed by atoms with van der Waals surface area (Å²) in [5.41, 5.74) is -0.623. The molecule has 83 valence electrons. The summed E-state index contributed by atoms with van der Waals surface area (Å²) in [4.78, 5) is 21.3. The Kier molecular flexibility index (Phi) is 2.35. The third kappa shape index (κ3) is 1.52. The van der Waals surface area contributed by atoms with E-state index in [1.54, 1.807) is 0 Å². The first-order valence-electron chi connectivity index (χ1n) is 4.18. The number of carbonyl (C=O) groups excluding carboxylic acids is 1. The molecule has 0 unspecified atom stereocenters. The molecule has 0 aliphatic carbocycles. The summed E-state index contributed by atoms with van der Waals surface area (Å²) in [7, 11) is 2.91. The monoisotopic (exact) mass is 224 g/mol. The third-order valence-corrected chi connectivity index (χ3v) is 2.04. The lowest BCUT2D eigenvalue weighted by atomic mass is 10.1. The second-order valence-electron chi connectivity index (χ2n) is 2.91. The summed E-state index contributed by atoms with van der Waals surface area (Å²) < 4.78 is 14.2. The van der Waals surface area contributed by atoms with E-state index in [1.165, 1.54) is 6.07 Å². The Hall–Kier alpha value is -2.31. The van der Waals surface area contributed by atoms with E-state index in [0.717, 1.165) is 6.07 Å². The van der Waals surface area contributed by atoms with Gasteiger partial charge in [-0.15, -0.1) is 0 Å². The maximum absolute atomic E-state index is 11.3. The van der Waals surface area contributed by atoms with Crippen molar-refractivity contribution in [1.29, 1.82) is 0 Å². The number of esters is 1. The Labute approximate surface area is 89.7 Å². The van der Waals surface area contributed by atoms with Crippen LogP contribution in [0.15, 0.2) is 12.1 Å². The highest BCUT2D eigenvalue weighted by molar-refractivity contribution is 5.95. The van der Waals surface area contributed by atoms with Crippen LogP contribution in [0.1, 0.15) is 10.4 Å². The first-order chi connectivity index (χ1) is 7.63. The second-order valence-corrected chi connectivity index (χ2v) is 2.91. The van der Waals surface area contributed by atoms with Gasteiger partial charge in [0.15, 0.2) is 11.5 Å². The van der Waals surface area contributed by atoms with Crippen molar-refractivity contribution in [1.82, 2.24) is 0 Å². The largest absolute Gasteiger partial charge is 0.458 e. The molecule has 0 aromatic heterocycles. The highest BCUT2D eigenvalue weighted by atomic mass is 16.7. The number of nitrogens with zero attached hydrogens (tertiary/aromatic N) is 1. The number of hydrogen-bond acceptors (Lipinski definition) is 6. The maximum atomic E-state index is 11.3. The molecule has 0 saturated heterocycles. The number of ether oxygens (including phenoxy) is 3. The number of benzene rings is 1. The SMILES string of the molecule is [CH2]OC(=O)c1cc2c(cc1[N+](=O)[O-])OCO2. The van der Waals surface area contributed by atoms with Gasteiger partial charge in [-0.25, -0.2) is 4.79 Å². The normalized spacial score (nSPS) is 12.3. The molecular weight excluding hydrogens is 218 g/mol. The van der Waals surface area contributed by atoms with Gasteiger partial charge in [0.25, 0.3) is 5.69 Å². The van der Waals surface area contributed by atoms with Crippen LogP contribution in [-0.2, 0) is 4.74 Å². The highest BCUT2D eigenvalue weighted by Crippen LogP contribution is 2.38. The molecule has 1 radical (unpaired) electrons. The van der Waals surface area contributed by atoms with E-state index in [1.807, 2.05) is 0 Å². The quantitative estimate of drug-likeness (QED) is 0.427. The minimum atomic E-state index is -0.898. The smallest absolute Gasteiger partial charge is 0.345 e. The van der Waals surface area contributed by atoms with Crippen LogP contribution < -0.4 is 9.47 Å². The summed E-state index contributed by atoms with van der Waals surface area (Å²) in [6.07, 6.45) is 0. The van der Waals surface area contributed by atoms with E-state index in [0.29, 0.717) is 0 Å². The van der Waals surface area contributed by atoms with Gasteiger partial charge in [0.2, 0.25) is 6.79 Å². The van der Waals surface area contributed by atoms with Gasteiger partial charge in [0.1, 0.15) is 12.7 Å². The number of nitro benzene ring substituents is 1. The number of hydrogen-bond donors (Lipinski definition) is 0. The van der Waals surface area contributed by atoms with Crippen molar-refractivity contribution in [2.24, 2.45) is 0 Å². The molecule has 0 fully saturated rings. The Balaban J connectivity index is 2.57. The number of nitro groups is 1. The molecule has 0 atom stereocenters. The summed E-state index contributed by atoms with van der Waals surface area (Å²) >= 11 is 0. The Bertz CT molecular complexity index is 469. The molecule has 16 heavy (non-hydrogen) atoms. The van der Waals surface area contributed by atoms with Gasteiger partial charge in [-0.05, 0) is 0 Å². The molecule has 0 spiro atoms. The van der Waals surface area contributed by atoms with Crippen molar-refractivity contribution in [3.8, 4) is 11.5 Å². The molecule has 1 aliphatic heterocycles. The van der Waals surface area contributed by atoms with Crippen LogP contribution >= 0.6 is 0 Å². The summed E-state index contributed by atoms with van der Waals surface area (Å²) in [5.74, 6) is -0.400. The van der Waals surface area contributed by atoms with Crippen molar-refractivity contribution in [2.75, 3.05) is 6.79 Å². The molecule has 0 saturated carbocycles. The lowest BCUT2D eigenvalue weighted by Gasteiger charge is -2.02. The molecule has 1 aromatic rings. The molecule has 0 N–H and O–H groups in total. The summed E-state index contributed by atoms with van der Waals surface area (Å²) in [6.45, 7) is -0.0324. The number of carbonyl (C=O) groups is 1. The molecule has 1 aromatic carbocycles. The second kappa shape index (κ2) is 3.69. The molecule has 0 amide bonds. The molecule has 0 bridgehead atoms. The highest BCUT2D eigenvalue weighted by Gasteiger charge is 2.27. The molecular formula is C9H6NO6. The summed E-state index contributed by atoms with van der Waals surface area (Å²) in [6, 6.07) is 2.32. The molecule has 7 heteroatoms. The van der Waals surface area contributed by atoms with Crippen LogP contribution in [0, 0.1) is 17.2 Å². The van der Waals surface area contributed by atoms with Gasteiger partial charge >= 0.3 is 5.97 Å². The first-order valence-corrected chi connectivity index (χ1v) is 4.18. The fraction of sp³-hybridized carbons (Fsp3) is 0.111. The topological polar surface area (TPSA) is 87.9 Å². The van der Waals surface area contributed by atoms with Crippen LogP contribution in [0.25, 0.3) is 0 Å². The van der Waals surface area contributed by atoms with Gasteiger partial charge < -0.3 is 14.2 Å². The fourth-order valence-electron chi connectivity index (χ4n) is 1.32. The van der Waals surface area contributed by atoms with E-state index in [2.05, 4.69) is 11.8 Å². The van der Waals surface area contributed by atoms with Crippen molar-refractivity contribution in [2.45, 2.75) is 0 Å². The third-order valence-electron chi connectivity index (χ3n) is 2.04. The maximum Gasteiger partial charge on any atom is 0.345 e. The van der Waals surface area contributed by atoms with Crippen molar-refractivity contribution >= 4 is 11.7 Å². The minimum absolute atomic E-state index is 0.0324. The first kappa shape index (κ1) is 10.2. The zero-order valence-electron chi connectivity index (χ0n) is 7.97. The van der Waals surface area contributed by atoms with E-state index in [9.17, 15) is 14.9 Å². The van der Waals surface area contributed by atoms with Crippen LogP contribution in [0.4, 0.5) is 5.69 Å². The molecule has 2 rings (SSSR count). The van der Waals surface area contributed by atoms with Gasteiger partial charge in [-0.1, -0.05) is 0 Å². The van der Waals surface area contributed by atoms with E-state index < -0.39 is 16.6 Å². The van der Waals surface area contributed by atoms with Crippen molar-refractivity contribution in [3.63, 3.8) is 0 Å². The van der Waals surface area contributed by atoms with Crippen molar-refractivity contribution < 1.29 is 23.9 Å². The van der Waals surface area contributed by atoms with E-state index >= 15 is 0 Å². The predicted molar refractivity (Wildman–Crippen MR) is 50.0 cm³/mol. The van der Waals surface area contributed by atoms with Gasteiger partial charge in [-0.3, -0.25) is 10.1 Å². The Morgan fingerprint density at radius 3 is 2.62 bits per heavy atom. The Morgan fingerprint density at radius 1 is 1.44 bits per heavy atom. The zero-order valence-corrected chi connectivity index (χ0v) is 7.97. The number of fused-ring (bicyclic) bond motifs is 1. The van der Waals surface area contributed by atoms with Gasteiger partial charge in [0, 0.05) is 6.07 Å². The van der Waals surface area contributed by atoms with Crippen LogP contribution in [0.3, 0.4) is 0 Å². The fourth-order valence-corrected chi connectivity index (χ4v) is 1.32. The average Bonchev–Trinajstić information content (AvgIpc) is 2.73. The van der Waals surface area contributed by atoms with E-state index in [4.69, 9.17) is 9.47 Å². The van der Waals surface area contributed by atoms with Gasteiger partial charge in [-0.2, -0.15) is 0 Å². The summed E-state index contributed by atoms with van der Waals surface area (Å²) in [5, 5.41) is 10.7. The predicted octanol–water partition coefficient (Wildman–Crippen LogP) is 1.27. The minimum Gasteiger partial charge on any atom is -0.458 e.